The summed E-state index contributed by atoms with van der Waals surface area (Å²) in [6, 6.07) is 0.312. The lowest BCUT2D eigenvalue weighted by Crippen LogP contribution is -2.22. The quantitative estimate of drug-likeness (QED) is 0.320. The van der Waals surface area contributed by atoms with Crippen molar-refractivity contribution in [2.75, 3.05) is 12.4 Å². The molecule has 36 valence electrons. The predicted molar refractivity (Wildman–Crippen MR) is 27.6 cm³/mol. The fraction of sp³-hybridized carbons (Fsp3) is 1.00. The molecule has 1 saturated heterocycles. The molecule has 0 saturated carbocycles. The van der Waals surface area contributed by atoms with E-state index in [-0.39, 0.29) is 0 Å². The fourth-order valence-corrected chi connectivity index (χ4v) is 1.05. The third kappa shape index (κ3) is 0.864. The largest absolute Gasteiger partial charge is 0.322 e. The van der Waals surface area contributed by atoms with E-state index in [1.807, 2.05) is 0 Å². The number of rotatable bonds is 0. The molecule has 2 N–H and O–H groups in total. The van der Waals surface area contributed by atoms with Crippen LogP contribution in [-0.4, -0.2) is 18.4 Å². The van der Waals surface area contributed by atoms with Gasteiger partial charge in [0.2, 0.25) is 0 Å². The van der Waals surface area contributed by atoms with Gasteiger partial charge in [-0.15, -0.1) is 0 Å². The fourth-order valence-electron chi connectivity index (χ4n) is 0.350. The van der Waals surface area contributed by atoms with E-state index < -0.39 is 0 Å². The minimum atomic E-state index is 0.312. The van der Waals surface area contributed by atoms with E-state index in [1.54, 1.807) is 0 Å². The van der Waals surface area contributed by atoms with Crippen molar-refractivity contribution in [3.05, 3.63) is 0 Å². The Balaban J connectivity index is 2.18. The highest BCUT2D eigenvalue weighted by Gasteiger charge is 2.17. The average Bonchev–Trinajstić information content (AvgIpc) is 1.86. The Morgan fingerprint density at radius 2 is 2.67 bits per heavy atom. The molecule has 0 spiro atoms. The molecule has 0 amide bonds. The summed E-state index contributed by atoms with van der Waals surface area (Å²) in [7, 11) is 0. The van der Waals surface area contributed by atoms with Gasteiger partial charge in [-0.1, -0.05) is 0 Å². The van der Waals surface area contributed by atoms with Gasteiger partial charge in [-0.05, 0) is 0 Å². The highest BCUT2D eigenvalue weighted by atomic mass is 32.2. The zero-order chi connectivity index (χ0) is 4.41. The summed E-state index contributed by atoms with van der Waals surface area (Å²) in [4.78, 5) is 0. The lowest BCUT2D eigenvalue weighted by atomic mass is 10.4. The van der Waals surface area contributed by atoms with Gasteiger partial charge in [-0.25, -0.2) is 0 Å². The van der Waals surface area contributed by atoms with Gasteiger partial charge in [0, 0.05) is 0 Å². The van der Waals surface area contributed by atoms with Gasteiger partial charge in [-0.3, -0.25) is 0 Å². The molecule has 0 radical (unpaired) electrons. The number of nitrogens with two attached hydrogens (primary N) is 1. The molecule has 1 fully saturated rings. The van der Waals surface area contributed by atoms with E-state index >= 15 is 0 Å². The molecule has 6 heavy (non-hydrogen) atoms. The third-order valence-corrected chi connectivity index (χ3v) is 1.64. The summed E-state index contributed by atoms with van der Waals surface area (Å²) in [5.41, 5.74) is 5.40. The van der Waals surface area contributed by atoms with Crippen LogP contribution in [-0.2, 0) is 16.2 Å². The lowest BCUT2D eigenvalue weighted by Gasteiger charge is -1.83. The van der Waals surface area contributed by atoms with E-state index in [9.17, 15) is 0 Å². The SMILES string of the molecule is N[C@@H]1CO[SH+]C1. The van der Waals surface area contributed by atoms with E-state index in [4.69, 9.17) is 9.92 Å². The van der Waals surface area contributed by atoms with Crippen LogP contribution < -0.4 is 5.73 Å². The van der Waals surface area contributed by atoms with E-state index in [0.29, 0.717) is 6.04 Å². The minimum Gasteiger partial charge on any atom is -0.322 e. The van der Waals surface area contributed by atoms with Gasteiger partial charge in [0.1, 0.15) is 18.6 Å². The second-order valence-corrected chi connectivity index (χ2v) is 2.25. The molecule has 2 nitrogen and oxygen atoms in total. The Hall–Kier alpha value is 0.270. The molecule has 1 rings (SSSR count). The van der Waals surface area contributed by atoms with Crippen molar-refractivity contribution < 1.29 is 4.18 Å². The van der Waals surface area contributed by atoms with Gasteiger partial charge in [0.15, 0.2) is 5.75 Å². The Morgan fingerprint density at radius 3 is 2.83 bits per heavy atom. The van der Waals surface area contributed by atoms with Crippen LogP contribution in [0.4, 0.5) is 0 Å². The maximum absolute atomic E-state index is 5.40. The second kappa shape index (κ2) is 1.82. The third-order valence-electron chi connectivity index (χ3n) is 0.689. The Morgan fingerprint density at radius 1 is 1.83 bits per heavy atom. The van der Waals surface area contributed by atoms with Crippen molar-refractivity contribution in [2.45, 2.75) is 6.04 Å². The van der Waals surface area contributed by atoms with Crippen LogP contribution in [0.3, 0.4) is 0 Å². The lowest BCUT2D eigenvalue weighted by molar-refractivity contribution is 0.378. The van der Waals surface area contributed by atoms with E-state index in [2.05, 4.69) is 0 Å². The zero-order valence-corrected chi connectivity index (χ0v) is 4.32. The molecule has 0 aromatic heterocycles. The summed E-state index contributed by atoms with van der Waals surface area (Å²) < 4.78 is 4.90. The molecule has 1 heterocycles. The molecular weight excluding hydrogens is 98.1 g/mol. The maximum Gasteiger partial charge on any atom is 0.156 e. The first-order valence-corrected chi connectivity index (χ1v) is 2.93. The first kappa shape index (κ1) is 4.43. The molecule has 0 aromatic rings. The van der Waals surface area contributed by atoms with Crippen LogP contribution in [0.1, 0.15) is 0 Å². The van der Waals surface area contributed by atoms with Crippen molar-refractivity contribution in [2.24, 2.45) is 5.73 Å². The van der Waals surface area contributed by atoms with Crippen LogP contribution in [0.25, 0.3) is 0 Å². The van der Waals surface area contributed by atoms with Crippen molar-refractivity contribution >= 4 is 12.0 Å². The molecule has 0 bridgehead atoms. The molecule has 3 heteroatoms. The Bertz CT molecular complexity index is 44.1. The van der Waals surface area contributed by atoms with Gasteiger partial charge in [-0.2, -0.15) is 4.18 Å². The Labute approximate surface area is 41.2 Å². The first-order valence-electron chi connectivity index (χ1n) is 1.94. The van der Waals surface area contributed by atoms with E-state index in [0.717, 1.165) is 24.4 Å². The predicted octanol–water partition coefficient (Wildman–Crippen LogP) is -0.926. The van der Waals surface area contributed by atoms with Crippen molar-refractivity contribution in [1.29, 1.82) is 0 Å². The van der Waals surface area contributed by atoms with Crippen LogP contribution in [0, 0.1) is 0 Å². The number of thiol groups is 1. The molecule has 1 aliphatic heterocycles. The van der Waals surface area contributed by atoms with Crippen molar-refractivity contribution in [3.8, 4) is 0 Å². The van der Waals surface area contributed by atoms with Crippen LogP contribution in [0.5, 0.6) is 0 Å². The van der Waals surface area contributed by atoms with Crippen LogP contribution in [0.15, 0.2) is 0 Å². The first-order chi connectivity index (χ1) is 2.89. The van der Waals surface area contributed by atoms with Crippen LogP contribution in [0.2, 0.25) is 0 Å². The highest BCUT2D eigenvalue weighted by molar-refractivity contribution is 7.73. The zero-order valence-electron chi connectivity index (χ0n) is 3.42. The summed E-state index contributed by atoms with van der Waals surface area (Å²) in [6.07, 6.45) is 0. The van der Waals surface area contributed by atoms with Gasteiger partial charge < -0.3 is 5.73 Å². The summed E-state index contributed by atoms with van der Waals surface area (Å²) in [5.74, 6) is 1.01. The summed E-state index contributed by atoms with van der Waals surface area (Å²) >= 11 is 1.06. The molecule has 0 unspecified atom stereocenters. The molecular formula is C3H8NOS+. The van der Waals surface area contributed by atoms with E-state index in [1.165, 1.54) is 0 Å². The second-order valence-electron chi connectivity index (χ2n) is 1.37. The summed E-state index contributed by atoms with van der Waals surface area (Å²) in [6.45, 7) is 0.752. The minimum absolute atomic E-state index is 0.312. The number of hydrogen-bond donors (Lipinski definition) is 1. The topological polar surface area (TPSA) is 35.2 Å². The van der Waals surface area contributed by atoms with Gasteiger partial charge in [0.05, 0.1) is 6.04 Å². The molecule has 1 atom stereocenters. The highest BCUT2D eigenvalue weighted by Crippen LogP contribution is 1.94. The van der Waals surface area contributed by atoms with Crippen LogP contribution >= 0.6 is 0 Å². The molecule has 0 aliphatic carbocycles. The molecule has 1 aliphatic rings. The smallest absolute Gasteiger partial charge is 0.156 e. The normalized spacial score (nSPS) is 34.5. The summed E-state index contributed by atoms with van der Waals surface area (Å²) in [5, 5.41) is 0. The standard InChI is InChI=1S/C3H7NOS/c4-3-1-5-6-2-3/h3H,1-2,4H2/p+1/t3-/m1/s1. The van der Waals surface area contributed by atoms with Gasteiger partial charge in [0.25, 0.3) is 0 Å². The van der Waals surface area contributed by atoms with Crippen molar-refractivity contribution in [3.63, 3.8) is 0 Å². The maximum atomic E-state index is 5.40. The Kier molecular flexibility index (Phi) is 1.34. The average molecular weight is 106 g/mol. The van der Waals surface area contributed by atoms with Gasteiger partial charge >= 0.3 is 0 Å². The van der Waals surface area contributed by atoms with Crippen molar-refractivity contribution in [1.82, 2.24) is 0 Å². The number of hydrogen-bond acceptors (Lipinski definition) is 2. The monoisotopic (exact) mass is 106 g/mol. The molecule has 0 aromatic carbocycles.